The Morgan fingerprint density at radius 1 is 0.487 bits per heavy atom. The van der Waals surface area contributed by atoms with Crippen molar-refractivity contribution in [2.45, 2.75) is 125 Å². The zero-order chi connectivity index (χ0) is 28.8. The Kier molecular flexibility index (Phi) is 20.2. The number of unbranched alkanes of at least 4 members (excludes halogenated alkanes) is 12. The first-order valence-electron chi connectivity index (χ1n) is 15.1. The molecule has 0 aliphatic rings. The molecule has 0 radical (unpaired) electrons. The van der Waals surface area contributed by atoms with Crippen LogP contribution in [0.5, 0.6) is 11.5 Å². The van der Waals surface area contributed by atoms with E-state index in [0.717, 1.165) is 24.8 Å². The number of benzene rings is 1. The molecule has 10 heteroatoms. The summed E-state index contributed by atoms with van der Waals surface area (Å²) in [5.41, 5.74) is 0.907. The Balaban J connectivity index is 2.69. The van der Waals surface area contributed by atoms with Crippen molar-refractivity contribution in [3.63, 3.8) is 0 Å². The fraction of sp³-hybridized carbons (Fsp3) is 0.793. The molecular weight excluding hydrogens is 538 g/mol. The van der Waals surface area contributed by atoms with Crippen LogP contribution in [0.25, 0.3) is 0 Å². The molecule has 1 aromatic carbocycles. The van der Waals surface area contributed by atoms with E-state index in [1.54, 1.807) is 39.8 Å². The lowest BCUT2D eigenvalue weighted by molar-refractivity contribution is 0.166. The average Bonchev–Trinajstić information content (AvgIpc) is 2.87. The molecule has 0 amide bonds. The SMILES string of the molecule is CCCCCCCCCCCCCCCc1cc(OP(=O)(OCC)OCC)cc(OP(=O)(OCC)OCC)c1. The quantitative estimate of drug-likeness (QED) is 0.0775. The van der Waals surface area contributed by atoms with Gasteiger partial charge in [0.05, 0.1) is 26.4 Å². The predicted molar refractivity (Wildman–Crippen MR) is 159 cm³/mol. The van der Waals surface area contributed by atoms with E-state index < -0.39 is 15.6 Å². The van der Waals surface area contributed by atoms with Gasteiger partial charge in [-0.15, -0.1) is 0 Å². The normalized spacial score (nSPS) is 12.1. The van der Waals surface area contributed by atoms with Crippen molar-refractivity contribution in [1.82, 2.24) is 0 Å². The molecule has 228 valence electrons. The maximum Gasteiger partial charge on any atom is 0.530 e. The molecule has 0 unspecified atom stereocenters. The smallest absolute Gasteiger partial charge is 0.404 e. The van der Waals surface area contributed by atoms with E-state index in [9.17, 15) is 9.13 Å². The summed E-state index contributed by atoms with van der Waals surface area (Å²) in [5, 5.41) is 0. The summed E-state index contributed by atoms with van der Waals surface area (Å²) in [6.45, 7) is 9.81. The second-order valence-electron chi connectivity index (χ2n) is 9.55. The van der Waals surface area contributed by atoms with Gasteiger partial charge in [0.1, 0.15) is 11.5 Å². The van der Waals surface area contributed by atoms with Gasteiger partial charge in [0.2, 0.25) is 0 Å². The largest absolute Gasteiger partial charge is 0.530 e. The number of rotatable bonds is 26. The van der Waals surface area contributed by atoms with Gasteiger partial charge >= 0.3 is 15.6 Å². The zero-order valence-electron chi connectivity index (χ0n) is 25.1. The first kappa shape index (κ1) is 36.1. The molecule has 8 nitrogen and oxygen atoms in total. The van der Waals surface area contributed by atoms with Crippen molar-refractivity contribution in [2.75, 3.05) is 26.4 Å². The van der Waals surface area contributed by atoms with E-state index in [1.807, 2.05) is 0 Å². The summed E-state index contributed by atoms with van der Waals surface area (Å²) in [4.78, 5) is 0. The van der Waals surface area contributed by atoms with E-state index >= 15 is 0 Å². The molecule has 0 aliphatic heterocycles. The second kappa shape index (κ2) is 21.8. The monoisotopic (exact) mass is 592 g/mol. The lowest BCUT2D eigenvalue weighted by Crippen LogP contribution is -2.05. The number of phosphoric acid groups is 2. The molecule has 0 aromatic heterocycles. The topological polar surface area (TPSA) is 89.5 Å². The fourth-order valence-corrected chi connectivity index (χ4v) is 6.65. The Hall–Kier alpha value is -0.880. The highest BCUT2D eigenvalue weighted by Gasteiger charge is 2.30. The van der Waals surface area contributed by atoms with Gasteiger partial charge in [-0.1, -0.05) is 84.0 Å². The van der Waals surface area contributed by atoms with Crippen LogP contribution in [-0.2, 0) is 33.6 Å². The highest BCUT2D eigenvalue weighted by atomic mass is 31.2. The number of hydrogen-bond donors (Lipinski definition) is 0. The first-order valence-corrected chi connectivity index (χ1v) is 18.1. The van der Waals surface area contributed by atoms with Gasteiger partial charge in [-0.25, -0.2) is 9.13 Å². The number of hydrogen-bond acceptors (Lipinski definition) is 8. The van der Waals surface area contributed by atoms with E-state index in [4.69, 9.17) is 27.1 Å². The Morgan fingerprint density at radius 3 is 1.15 bits per heavy atom. The predicted octanol–water partition coefficient (Wildman–Crippen LogP) is 10.4. The van der Waals surface area contributed by atoms with Crippen LogP contribution in [0.4, 0.5) is 0 Å². The molecule has 0 saturated heterocycles. The van der Waals surface area contributed by atoms with E-state index in [0.29, 0.717) is 0 Å². The summed E-state index contributed by atoms with van der Waals surface area (Å²) in [6, 6.07) is 5.09. The zero-order valence-corrected chi connectivity index (χ0v) is 26.9. The minimum atomic E-state index is -3.80. The van der Waals surface area contributed by atoms with E-state index in [1.165, 1.54) is 76.7 Å². The van der Waals surface area contributed by atoms with Crippen LogP contribution >= 0.6 is 15.6 Å². The van der Waals surface area contributed by atoms with Crippen LogP contribution in [0, 0.1) is 0 Å². The molecule has 0 aliphatic carbocycles. The molecule has 1 aromatic rings. The van der Waals surface area contributed by atoms with Crippen molar-refractivity contribution in [2.24, 2.45) is 0 Å². The molecular formula is C29H54O8P2. The van der Waals surface area contributed by atoms with Crippen molar-refractivity contribution in [1.29, 1.82) is 0 Å². The van der Waals surface area contributed by atoms with Crippen LogP contribution < -0.4 is 9.05 Å². The van der Waals surface area contributed by atoms with E-state index in [2.05, 4.69) is 6.92 Å². The fourth-order valence-electron chi connectivity index (χ4n) is 4.30. The van der Waals surface area contributed by atoms with Gasteiger partial charge < -0.3 is 9.05 Å². The molecule has 39 heavy (non-hydrogen) atoms. The second-order valence-corrected chi connectivity index (χ2v) is 12.7. The Morgan fingerprint density at radius 2 is 0.821 bits per heavy atom. The molecule has 0 atom stereocenters. The highest BCUT2D eigenvalue weighted by Crippen LogP contribution is 2.52. The third-order valence-electron chi connectivity index (χ3n) is 6.09. The molecule has 0 saturated carbocycles. The first-order chi connectivity index (χ1) is 18.8. The summed E-state index contributed by atoms with van der Waals surface area (Å²) < 4.78 is 58.4. The third kappa shape index (κ3) is 16.9. The minimum Gasteiger partial charge on any atom is -0.404 e. The Bertz CT molecular complexity index is 778. The molecule has 0 heterocycles. The summed E-state index contributed by atoms with van der Waals surface area (Å²) >= 11 is 0. The lowest BCUT2D eigenvalue weighted by Gasteiger charge is -2.20. The van der Waals surface area contributed by atoms with Crippen LogP contribution in [0.2, 0.25) is 0 Å². The van der Waals surface area contributed by atoms with Crippen LogP contribution in [0.1, 0.15) is 124 Å². The standard InChI is InChI=1S/C29H54O8P2/c1-6-11-12-13-14-15-16-17-18-19-20-21-22-23-27-24-28(36-38(30,32-7-2)33-8-3)26-29(25-27)37-39(31,34-9-4)35-10-5/h24-26H,6-23H2,1-5H3. The van der Waals surface area contributed by atoms with Gasteiger partial charge in [-0.2, -0.15) is 0 Å². The van der Waals surface area contributed by atoms with Crippen molar-refractivity contribution >= 4 is 15.6 Å². The number of aryl methyl sites for hydroxylation is 1. The van der Waals surface area contributed by atoms with E-state index in [-0.39, 0.29) is 37.9 Å². The van der Waals surface area contributed by atoms with Gasteiger partial charge in [-0.05, 0) is 58.2 Å². The highest BCUT2D eigenvalue weighted by molar-refractivity contribution is 7.49. The number of phosphoric ester groups is 2. The van der Waals surface area contributed by atoms with Gasteiger partial charge in [0.25, 0.3) is 0 Å². The van der Waals surface area contributed by atoms with Crippen LogP contribution in [0.15, 0.2) is 18.2 Å². The maximum absolute atomic E-state index is 13.0. The van der Waals surface area contributed by atoms with Crippen molar-refractivity contribution < 1.29 is 36.3 Å². The molecule has 0 spiro atoms. The summed E-state index contributed by atoms with van der Waals surface area (Å²) in [5.74, 6) is 0.504. The van der Waals surface area contributed by atoms with Crippen molar-refractivity contribution in [3.05, 3.63) is 23.8 Å². The summed E-state index contributed by atoms with van der Waals surface area (Å²) in [7, 11) is -7.61. The minimum absolute atomic E-state index is 0.170. The molecule has 0 N–H and O–H groups in total. The van der Waals surface area contributed by atoms with Crippen LogP contribution in [-0.4, -0.2) is 26.4 Å². The molecule has 0 bridgehead atoms. The van der Waals surface area contributed by atoms with Gasteiger partial charge in [0, 0.05) is 6.07 Å². The molecule has 1 rings (SSSR count). The average molecular weight is 593 g/mol. The van der Waals surface area contributed by atoms with Crippen LogP contribution in [0.3, 0.4) is 0 Å². The maximum atomic E-state index is 13.0. The summed E-state index contributed by atoms with van der Waals surface area (Å²) in [6.07, 6.45) is 17.5. The third-order valence-corrected chi connectivity index (χ3v) is 9.26. The van der Waals surface area contributed by atoms with Gasteiger partial charge in [-0.3, -0.25) is 18.1 Å². The van der Waals surface area contributed by atoms with Gasteiger partial charge in [0.15, 0.2) is 0 Å². The Labute approximate surface area is 238 Å². The lowest BCUT2D eigenvalue weighted by atomic mass is 10.0. The van der Waals surface area contributed by atoms with Crippen molar-refractivity contribution in [3.8, 4) is 11.5 Å². The molecule has 0 fully saturated rings.